The van der Waals surface area contributed by atoms with Crippen molar-refractivity contribution in [2.75, 3.05) is 0 Å². The highest BCUT2D eigenvalue weighted by molar-refractivity contribution is 4.96. The van der Waals surface area contributed by atoms with Crippen LogP contribution in [-0.2, 0) is 0 Å². The van der Waals surface area contributed by atoms with Crippen molar-refractivity contribution < 1.29 is 8.78 Å². The molecule has 0 aromatic carbocycles. The van der Waals surface area contributed by atoms with E-state index < -0.39 is 11.2 Å². The summed E-state index contributed by atoms with van der Waals surface area (Å²) in [7, 11) is 0. The van der Waals surface area contributed by atoms with Gasteiger partial charge in [0.05, 0.1) is 0 Å². The largest absolute Gasteiger partial charge is 0.213 e. The molecule has 0 rings (SSSR count). The molecule has 0 spiro atoms. The molecule has 0 radical (unpaired) electrons. The van der Waals surface area contributed by atoms with Crippen molar-refractivity contribution in [1.29, 1.82) is 0 Å². The summed E-state index contributed by atoms with van der Waals surface area (Å²) in [6, 6.07) is 0. The lowest BCUT2D eigenvalue weighted by Gasteiger charge is -2.12. The third-order valence-corrected chi connectivity index (χ3v) is 0.812. The molecule has 0 N–H and O–H groups in total. The summed E-state index contributed by atoms with van der Waals surface area (Å²) in [6.45, 7) is 4.83. The van der Waals surface area contributed by atoms with Crippen molar-refractivity contribution in [3.63, 3.8) is 0 Å². The van der Waals surface area contributed by atoms with Gasteiger partial charge in [-0.3, -0.25) is 0 Å². The molecule has 0 nitrogen and oxygen atoms in total. The van der Waals surface area contributed by atoms with Crippen LogP contribution < -0.4 is 0 Å². The average Bonchev–Trinajstić information content (AvgIpc) is 1.62. The van der Waals surface area contributed by atoms with Crippen LogP contribution in [0.3, 0.4) is 0 Å². The molecule has 0 aliphatic carbocycles. The van der Waals surface area contributed by atoms with Crippen molar-refractivity contribution in [3.8, 4) is 0 Å². The molecule has 48 valence electrons. The van der Waals surface area contributed by atoms with Crippen molar-refractivity contribution in [2.24, 2.45) is 5.41 Å². The van der Waals surface area contributed by atoms with Crippen molar-refractivity contribution >= 4 is 0 Å². The lowest BCUT2D eigenvalue weighted by atomic mass is 9.96. The van der Waals surface area contributed by atoms with E-state index in [-0.39, 0.29) is 6.33 Å². The molecular weight excluding hydrogens is 110 g/mol. The van der Waals surface area contributed by atoms with Gasteiger partial charge in [-0.05, 0) is 0 Å². The van der Waals surface area contributed by atoms with Gasteiger partial charge in [-0.2, -0.15) is 0 Å². The third kappa shape index (κ3) is 2.05. The Morgan fingerprint density at radius 2 is 1.75 bits per heavy atom. The molecule has 0 saturated carbocycles. The predicted octanol–water partition coefficient (Wildman–Crippen LogP) is 2.81. The predicted molar refractivity (Wildman–Crippen MR) is 29.8 cm³/mol. The van der Waals surface area contributed by atoms with Crippen molar-refractivity contribution in [1.82, 2.24) is 0 Å². The standard InChI is InChI=1S/C6H10F2/c1-6(2,3)5(8)4-7/h4H,1-3H3/b5-4-. The first-order valence-electron chi connectivity index (χ1n) is 2.45. The van der Waals surface area contributed by atoms with E-state index in [2.05, 4.69) is 0 Å². The zero-order valence-electron chi connectivity index (χ0n) is 5.33. The van der Waals surface area contributed by atoms with Gasteiger partial charge >= 0.3 is 0 Å². The van der Waals surface area contributed by atoms with Crippen molar-refractivity contribution in [2.45, 2.75) is 20.8 Å². The SMILES string of the molecule is CC(C)(C)/C(F)=C/F. The highest BCUT2D eigenvalue weighted by Gasteiger charge is 2.16. The number of hydrogen-bond acceptors (Lipinski definition) is 0. The Bertz CT molecular complexity index is 97.6. The summed E-state index contributed by atoms with van der Waals surface area (Å²) in [5.41, 5.74) is -0.672. The maximum Gasteiger partial charge on any atom is 0.133 e. The quantitative estimate of drug-likeness (QED) is 0.461. The van der Waals surface area contributed by atoms with Gasteiger partial charge in [0.25, 0.3) is 0 Å². The topological polar surface area (TPSA) is 0 Å². The molecule has 2 heteroatoms. The fourth-order valence-electron chi connectivity index (χ4n) is 0.164. The normalized spacial score (nSPS) is 14.4. The number of rotatable bonds is 0. The Morgan fingerprint density at radius 3 is 1.75 bits per heavy atom. The Morgan fingerprint density at radius 1 is 1.38 bits per heavy atom. The van der Waals surface area contributed by atoms with E-state index in [0.717, 1.165) is 0 Å². The monoisotopic (exact) mass is 120 g/mol. The molecule has 0 aliphatic rings. The lowest BCUT2D eigenvalue weighted by molar-refractivity contribution is 0.369. The molecule has 0 atom stereocenters. The fourth-order valence-corrected chi connectivity index (χ4v) is 0.164. The molecule has 0 aromatic rings. The third-order valence-electron chi connectivity index (χ3n) is 0.812. The summed E-state index contributed by atoms with van der Waals surface area (Å²) < 4.78 is 23.5. The summed E-state index contributed by atoms with van der Waals surface area (Å²) in [6.07, 6.45) is 0. The molecule has 0 saturated heterocycles. The maximum absolute atomic E-state index is 12.1. The minimum Gasteiger partial charge on any atom is -0.213 e. The van der Waals surface area contributed by atoms with Gasteiger partial charge in [-0.1, -0.05) is 20.8 Å². The zero-order chi connectivity index (χ0) is 6.78. The van der Waals surface area contributed by atoms with E-state index in [1.807, 2.05) is 0 Å². The van der Waals surface area contributed by atoms with E-state index in [1.165, 1.54) is 0 Å². The van der Waals surface area contributed by atoms with Crippen LogP contribution in [0, 0.1) is 5.41 Å². The van der Waals surface area contributed by atoms with Gasteiger partial charge < -0.3 is 0 Å². The van der Waals surface area contributed by atoms with Gasteiger partial charge in [-0.25, -0.2) is 8.78 Å². The first kappa shape index (κ1) is 7.60. The Kier molecular flexibility index (Phi) is 2.13. The second kappa shape index (κ2) is 2.25. The molecule has 0 amide bonds. The minimum atomic E-state index is -0.711. The molecule has 0 aliphatic heterocycles. The van der Waals surface area contributed by atoms with Crippen LogP contribution >= 0.6 is 0 Å². The van der Waals surface area contributed by atoms with Gasteiger partial charge in [0, 0.05) is 5.41 Å². The maximum atomic E-state index is 12.1. The molecular formula is C6H10F2. The first-order valence-corrected chi connectivity index (χ1v) is 2.45. The Hall–Kier alpha value is -0.400. The zero-order valence-corrected chi connectivity index (χ0v) is 5.33. The lowest BCUT2D eigenvalue weighted by Crippen LogP contribution is -2.04. The summed E-state index contributed by atoms with van der Waals surface area (Å²) in [5.74, 6) is -0.711. The van der Waals surface area contributed by atoms with Crippen LogP contribution in [-0.4, -0.2) is 0 Å². The van der Waals surface area contributed by atoms with Crippen LogP contribution in [0.1, 0.15) is 20.8 Å². The van der Waals surface area contributed by atoms with E-state index in [4.69, 9.17) is 0 Å². The molecule has 0 bridgehead atoms. The second-order valence-electron chi connectivity index (χ2n) is 2.71. The first-order chi connectivity index (χ1) is 3.48. The number of allylic oxidation sites excluding steroid dienone is 1. The van der Waals surface area contributed by atoms with Crippen LogP contribution in [0.5, 0.6) is 0 Å². The minimum absolute atomic E-state index is 0. The summed E-state index contributed by atoms with van der Waals surface area (Å²) in [5, 5.41) is 0. The van der Waals surface area contributed by atoms with Crippen LogP contribution in [0.25, 0.3) is 0 Å². The summed E-state index contributed by atoms with van der Waals surface area (Å²) in [4.78, 5) is 0. The molecule has 8 heavy (non-hydrogen) atoms. The Balaban J connectivity index is 4.03. The van der Waals surface area contributed by atoms with Gasteiger partial charge in [-0.15, -0.1) is 0 Å². The van der Waals surface area contributed by atoms with Gasteiger partial charge in [0.15, 0.2) is 0 Å². The van der Waals surface area contributed by atoms with Crippen LogP contribution in [0.2, 0.25) is 0 Å². The second-order valence-corrected chi connectivity index (χ2v) is 2.71. The number of halogens is 2. The smallest absolute Gasteiger partial charge is 0.133 e. The average molecular weight is 120 g/mol. The van der Waals surface area contributed by atoms with E-state index in [0.29, 0.717) is 0 Å². The molecule has 0 heterocycles. The highest BCUT2D eigenvalue weighted by atomic mass is 19.2. The van der Waals surface area contributed by atoms with Gasteiger partial charge in [0.2, 0.25) is 0 Å². The molecule has 0 aromatic heterocycles. The van der Waals surface area contributed by atoms with Crippen LogP contribution in [0.15, 0.2) is 12.2 Å². The Labute approximate surface area is 48.2 Å². The van der Waals surface area contributed by atoms with Crippen LogP contribution in [0.4, 0.5) is 8.78 Å². The molecule has 0 unspecified atom stereocenters. The van der Waals surface area contributed by atoms with E-state index >= 15 is 0 Å². The molecule has 0 fully saturated rings. The van der Waals surface area contributed by atoms with Crippen molar-refractivity contribution in [3.05, 3.63) is 12.2 Å². The van der Waals surface area contributed by atoms with Gasteiger partial charge in [0.1, 0.15) is 12.2 Å². The fraction of sp³-hybridized carbons (Fsp3) is 0.667. The number of hydrogen-bond donors (Lipinski definition) is 0. The highest BCUT2D eigenvalue weighted by Crippen LogP contribution is 2.25. The van der Waals surface area contributed by atoms with E-state index in [1.54, 1.807) is 20.8 Å². The summed E-state index contributed by atoms with van der Waals surface area (Å²) >= 11 is 0. The van der Waals surface area contributed by atoms with E-state index in [9.17, 15) is 8.78 Å².